The van der Waals surface area contributed by atoms with Gasteiger partial charge >= 0.3 is 12.1 Å². The average molecular weight is 534 g/mol. The topological polar surface area (TPSA) is 116 Å². The molecule has 2 heterocycles. The van der Waals surface area contributed by atoms with Crippen LogP contribution in [0.4, 0.5) is 18.9 Å². The molecule has 1 unspecified atom stereocenters. The van der Waals surface area contributed by atoms with E-state index >= 15 is 0 Å². The normalized spacial score (nSPS) is 23.6. The van der Waals surface area contributed by atoms with E-state index in [0.29, 0.717) is 38.8 Å². The molecule has 1 atom stereocenters. The van der Waals surface area contributed by atoms with Crippen molar-refractivity contribution in [3.8, 4) is 0 Å². The maximum Gasteiger partial charge on any atom is 0.471 e. The number of carbonyl (C=O) groups excluding carboxylic acids is 1. The Bertz CT molecular complexity index is 1190. The van der Waals surface area contributed by atoms with Crippen LogP contribution in [0.2, 0.25) is 0 Å². The van der Waals surface area contributed by atoms with Gasteiger partial charge in [-0.1, -0.05) is 12.1 Å². The molecule has 38 heavy (non-hydrogen) atoms. The number of hydrogen-bond donors (Lipinski definition) is 5. The number of rotatable bonds is 9. The number of aryl methyl sites for hydroxylation is 1. The number of carbonyl (C=O) groups is 1. The lowest BCUT2D eigenvalue weighted by molar-refractivity contribution is -0.174. The zero-order chi connectivity index (χ0) is 27.3. The third-order valence-corrected chi connectivity index (χ3v) is 6.78. The highest BCUT2D eigenvalue weighted by Gasteiger charge is 2.40. The van der Waals surface area contributed by atoms with Crippen molar-refractivity contribution >= 4 is 23.4 Å². The number of benzene rings is 1. The van der Waals surface area contributed by atoms with Gasteiger partial charge < -0.3 is 26.4 Å². The third-order valence-electron chi connectivity index (χ3n) is 6.78. The molecule has 12 heteroatoms. The average Bonchev–Trinajstić information content (AvgIpc) is 3.31. The molecule has 2 aliphatic rings. The molecule has 5 N–H and O–H groups in total. The summed E-state index contributed by atoms with van der Waals surface area (Å²) in [5.41, 5.74) is 3.67. The van der Waals surface area contributed by atoms with Crippen LogP contribution < -0.4 is 21.3 Å². The molecule has 206 valence electrons. The fraction of sp³-hybridized carbons (Fsp3) is 0.500. The molecule has 0 saturated heterocycles. The first-order chi connectivity index (χ1) is 18.0. The predicted octanol–water partition coefficient (Wildman–Crippen LogP) is 3.14. The molecule has 1 aliphatic heterocycles. The first kappa shape index (κ1) is 27.5. The number of alkyl halides is 3. The van der Waals surface area contributed by atoms with Gasteiger partial charge in [-0.05, 0) is 63.1 Å². The Morgan fingerprint density at radius 1 is 1.26 bits per heavy atom. The SMILES string of the molecule is Cc1cccc(NC2(C)N=CC(c3cnn(CCO)c3)=C(NCC3CCC(NC(=O)C(F)(F)F)CC3)N2)c1. The van der Waals surface area contributed by atoms with Crippen LogP contribution in [0.15, 0.2) is 47.5 Å². The molecule has 1 aliphatic carbocycles. The molecule has 2 aromatic rings. The first-order valence-electron chi connectivity index (χ1n) is 12.7. The van der Waals surface area contributed by atoms with Crippen molar-refractivity contribution in [2.24, 2.45) is 10.9 Å². The van der Waals surface area contributed by atoms with Crippen LogP contribution in [0.25, 0.3) is 5.57 Å². The summed E-state index contributed by atoms with van der Waals surface area (Å²) in [6.45, 7) is 4.89. The lowest BCUT2D eigenvalue weighted by Crippen LogP contribution is -2.52. The number of anilines is 1. The minimum atomic E-state index is -4.86. The number of aromatic nitrogens is 2. The van der Waals surface area contributed by atoms with Crippen molar-refractivity contribution in [1.82, 2.24) is 25.7 Å². The second-order valence-corrected chi connectivity index (χ2v) is 10.0. The molecule has 1 aromatic carbocycles. The predicted molar refractivity (Wildman–Crippen MR) is 139 cm³/mol. The molecule has 1 fully saturated rings. The maximum atomic E-state index is 12.6. The number of amides is 1. The van der Waals surface area contributed by atoms with Gasteiger partial charge in [-0.3, -0.25) is 9.48 Å². The van der Waals surface area contributed by atoms with E-state index in [4.69, 9.17) is 4.99 Å². The highest BCUT2D eigenvalue weighted by atomic mass is 19.4. The van der Waals surface area contributed by atoms with Crippen LogP contribution in [0.3, 0.4) is 0 Å². The number of nitrogens with zero attached hydrogens (tertiary/aromatic N) is 3. The third kappa shape index (κ3) is 7.06. The zero-order valence-corrected chi connectivity index (χ0v) is 21.5. The Morgan fingerprint density at radius 3 is 2.71 bits per heavy atom. The highest BCUT2D eigenvalue weighted by Crippen LogP contribution is 2.27. The van der Waals surface area contributed by atoms with E-state index in [2.05, 4.69) is 26.4 Å². The van der Waals surface area contributed by atoms with Crippen molar-refractivity contribution in [3.63, 3.8) is 0 Å². The lowest BCUT2D eigenvalue weighted by atomic mass is 9.86. The lowest BCUT2D eigenvalue weighted by Gasteiger charge is -2.36. The summed E-state index contributed by atoms with van der Waals surface area (Å²) in [5, 5.41) is 26.0. The summed E-state index contributed by atoms with van der Waals surface area (Å²) in [5.74, 6) is -1.72. The van der Waals surface area contributed by atoms with Crippen molar-refractivity contribution in [2.75, 3.05) is 18.5 Å². The van der Waals surface area contributed by atoms with Crippen LogP contribution in [-0.2, 0) is 11.3 Å². The Balaban J connectivity index is 1.44. The van der Waals surface area contributed by atoms with Gasteiger partial charge in [-0.2, -0.15) is 18.3 Å². The number of aliphatic hydroxyl groups is 1. The Hall–Kier alpha value is -3.54. The van der Waals surface area contributed by atoms with Crippen LogP contribution in [0.5, 0.6) is 0 Å². The highest BCUT2D eigenvalue weighted by molar-refractivity contribution is 6.11. The molecule has 4 rings (SSSR count). The molecule has 0 radical (unpaired) electrons. The molecule has 1 aromatic heterocycles. The summed E-state index contributed by atoms with van der Waals surface area (Å²) < 4.78 is 39.4. The minimum absolute atomic E-state index is 0.0256. The molecular formula is C26H34F3N7O2. The van der Waals surface area contributed by atoms with Crippen molar-refractivity contribution in [2.45, 2.75) is 64.1 Å². The molecule has 1 amide bonds. The van der Waals surface area contributed by atoms with Gasteiger partial charge in [0.25, 0.3) is 0 Å². The van der Waals surface area contributed by atoms with Crippen LogP contribution in [0, 0.1) is 12.8 Å². The number of halogens is 3. The van der Waals surface area contributed by atoms with E-state index in [9.17, 15) is 23.1 Å². The summed E-state index contributed by atoms with van der Waals surface area (Å²) in [6, 6.07) is 7.52. The maximum absolute atomic E-state index is 12.6. The zero-order valence-electron chi connectivity index (χ0n) is 21.5. The fourth-order valence-electron chi connectivity index (χ4n) is 4.78. The Kier molecular flexibility index (Phi) is 8.29. The fourth-order valence-corrected chi connectivity index (χ4v) is 4.78. The van der Waals surface area contributed by atoms with Crippen molar-refractivity contribution in [3.05, 3.63) is 53.6 Å². The largest absolute Gasteiger partial charge is 0.471 e. The van der Waals surface area contributed by atoms with Crippen LogP contribution in [-0.4, -0.2) is 58.2 Å². The smallest absolute Gasteiger partial charge is 0.394 e. The Labute approximate surface area is 219 Å². The van der Waals surface area contributed by atoms with Gasteiger partial charge in [0, 0.05) is 41.8 Å². The molecule has 9 nitrogen and oxygen atoms in total. The molecule has 0 spiro atoms. The number of nitrogens with one attached hydrogen (secondary N) is 4. The number of allylic oxidation sites excluding steroid dienone is 1. The van der Waals surface area contributed by atoms with E-state index < -0.39 is 23.9 Å². The quantitative estimate of drug-likeness (QED) is 0.338. The first-order valence-corrected chi connectivity index (χ1v) is 12.7. The van der Waals surface area contributed by atoms with Crippen molar-refractivity contribution in [1.29, 1.82) is 0 Å². The van der Waals surface area contributed by atoms with E-state index in [1.165, 1.54) is 0 Å². The van der Waals surface area contributed by atoms with Crippen LogP contribution >= 0.6 is 0 Å². The monoisotopic (exact) mass is 533 g/mol. The van der Waals surface area contributed by atoms with E-state index in [0.717, 1.165) is 28.2 Å². The van der Waals surface area contributed by atoms with Gasteiger partial charge in [0.1, 0.15) is 5.82 Å². The number of aliphatic imine (C=N–C) groups is 1. The summed E-state index contributed by atoms with van der Waals surface area (Å²) in [7, 11) is 0. The Morgan fingerprint density at radius 2 is 2.03 bits per heavy atom. The second kappa shape index (κ2) is 11.5. The summed E-state index contributed by atoms with van der Waals surface area (Å²) in [6.07, 6.45) is 2.85. The van der Waals surface area contributed by atoms with Gasteiger partial charge in [-0.25, -0.2) is 4.99 Å². The molecule has 0 bridgehead atoms. The van der Waals surface area contributed by atoms with Crippen LogP contribution in [0.1, 0.15) is 43.7 Å². The van der Waals surface area contributed by atoms with E-state index in [1.807, 2.05) is 44.3 Å². The molecule has 1 saturated carbocycles. The van der Waals surface area contributed by atoms with Gasteiger partial charge in [0.05, 0.1) is 19.3 Å². The number of aliphatic hydroxyl groups excluding tert-OH is 1. The second-order valence-electron chi connectivity index (χ2n) is 10.0. The van der Waals surface area contributed by atoms with Gasteiger partial charge in [-0.15, -0.1) is 0 Å². The van der Waals surface area contributed by atoms with E-state index in [1.54, 1.807) is 17.1 Å². The summed E-state index contributed by atoms with van der Waals surface area (Å²) in [4.78, 5) is 16.0. The van der Waals surface area contributed by atoms with Gasteiger partial charge in [0.2, 0.25) is 5.79 Å². The van der Waals surface area contributed by atoms with E-state index in [-0.39, 0.29) is 12.5 Å². The van der Waals surface area contributed by atoms with Gasteiger partial charge in [0.15, 0.2) is 0 Å². The standard InChI is InChI=1S/C26H34F3N7O2/c1-17-4-3-5-21(12-17)34-25(2)31-15-22(19-14-32-36(16-19)10-11-37)23(35-25)30-13-18-6-8-20(9-7-18)33-24(38)26(27,28)29/h3-5,12,14-16,18,20,30,34-35,37H,6-11,13H2,1-2H3,(H,33,38). The summed E-state index contributed by atoms with van der Waals surface area (Å²) >= 11 is 0. The minimum Gasteiger partial charge on any atom is -0.394 e. The number of hydrogen-bond acceptors (Lipinski definition) is 7. The molecular weight excluding hydrogens is 499 g/mol. The van der Waals surface area contributed by atoms with Crippen molar-refractivity contribution < 1.29 is 23.1 Å².